The smallest absolute Gasteiger partial charge is 0.231 e. The second-order valence-electron chi connectivity index (χ2n) is 5.17. The predicted octanol–water partition coefficient (Wildman–Crippen LogP) is 2.99. The molecule has 3 rings (SSSR count). The molecule has 0 radical (unpaired) electrons. The number of nitrogens with one attached hydrogen (secondary N) is 1. The predicted molar refractivity (Wildman–Crippen MR) is 88.8 cm³/mol. The lowest BCUT2D eigenvalue weighted by molar-refractivity contribution is -0.120. The van der Waals surface area contributed by atoms with Crippen molar-refractivity contribution in [3.63, 3.8) is 0 Å². The lowest BCUT2D eigenvalue weighted by Crippen LogP contribution is -2.25. The van der Waals surface area contributed by atoms with Crippen LogP contribution in [0.5, 0.6) is 11.5 Å². The molecule has 1 amide bonds. The number of hydrogen-bond donors (Lipinski definition) is 1. The first-order chi connectivity index (χ1) is 11.3. The van der Waals surface area contributed by atoms with E-state index in [0.717, 1.165) is 34.3 Å². The largest absolute Gasteiger partial charge is 0.468 e. The third-order valence-corrected chi connectivity index (χ3v) is 4.45. The van der Waals surface area contributed by atoms with Gasteiger partial charge < -0.3 is 19.2 Å². The summed E-state index contributed by atoms with van der Waals surface area (Å²) in [4.78, 5) is 11.8. The highest BCUT2D eigenvalue weighted by Crippen LogP contribution is 2.32. The highest BCUT2D eigenvalue weighted by atomic mass is 32.2. The Kier molecular flexibility index (Phi) is 5.47. The van der Waals surface area contributed by atoms with Crippen LogP contribution in [0, 0.1) is 0 Å². The summed E-state index contributed by atoms with van der Waals surface area (Å²) in [6.45, 7) is 0.945. The van der Waals surface area contributed by atoms with Crippen LogP contribution in [0.25, 0.3) is 0 Å². The van der Waals surface area contributed by atoms with Crippen LogP contribution in [0.1, 0.15) is 17.7 Å². The van der Waals surface area contributed by atoms with Crippen molar-refractivity contribution < 1.29 is 18.7 Å². The van der Waals surface area contributed by atoms with Gasteiger partial charge in [0.05, 0.1) is 12.0 Å². The van der Waals surface area contributed by atoms with E-state index in [1.807, 2.05) is 30.3 Å². The maximum atomic E-state index is 11.8. The van der Waals surface area contributed by atoms with E-state index in [-0.39, 0.29) is 12.7 Å². The molecule has 5 nitrogen and oxygen atoms in total. The van der Waals surface area contributed by atoms with Crippen LogP contribution in [-0.2, 0) is 17.0 Å². The highest BCUT2D eigenvalue weighted by molar-refractivity contribution is 7.98. The van der Waals surface area contributed by atoms with Gasteiger partial charge in [-0.25, -0.2) is 0 Å². The second kappa shape index (κ2) is 7.97. The molecule has 0 saturated heterocycles. The fraction of sp³-hybridized carbons (Fsp3) is 0.353. The van der Waals surface area contributed by atoms with Crippen LogP contribution >= 0.6 is 11.8 Å². The molecule has 2 heterocycles. The number of carbonyl (C=O) groups is 1. The molecule has 0 bridgehead atoms. The van der Waals surface area contributed by atoms with E-state index in [9.17, 15) is 4.79 Å². The third kappa shape index (κ3) is 4.69. The molecule has 122 valence electrons. The number of amides is 1. The van der Waals surface area contributed by atoms with E-state index in [0.29, 0.717) is 19.4 Å². The zero-order chi connectivity index (χ0) is 15.9. The zero-order valence-corrected chi connectivity index (χ0v) is 13.6. The van der Waals surface area contributed by atoms with Crippen molar-refractivity contribution in [1.29, 1.82) is 0 Å². The van der Waals surface area contributed by atoms with Crippen molar-refractivity contribution in [3.05, 3.63) is 47.9 Å². The Balaban J connectivity index is 1.30. The van der Waals surface area contributed by atoms with Gasteiger partial charge in [-0.05, 0) is 36.2 Å². The van der Waals surface area contributed by atoms with Gasteiger partial charge in [0, 0.05) is 18.7 Å². The van der Waals surface area contributed by atoms with Gasteiger partial charge in [0.1, 0.15) is 5.76 Å². The van der Waals surface area contributed by atoms with Gasteiger partial charge >= 0.3 is 0 Å². The molecule has 2 aromatic rings. The summed E-state index contributed by atoms with van der Waals surface area (Å²) in [6.07, 6.45) is 2.85. The Hall–Kier alpha value is -2.08. The average Bonchev–Trinajstić information content (AvgIpc) is 3.23. The Labute approximate surface area is 139 Å². The lowest BCUT2D eigenvalue weighted by Gasteiger charge is -2.06. The molecule has 1 aromatic carbocycles. The van der Waals surface area contributed by atoms with Gasteiger partial charge in [-0.2, -0.15) is 11.8 Å². The SMILES string of the molecule is O=C(CCc1ccc2c(c1)OCO2)NCCSCc1ccco1. The van der Waals surface area contributed by atoms with Crippen molar-refractivity contribution in [2.45, 2.75) is 18.6 Å². The minimum absolute atomic E-state index is 0.0706. The van der Waals surface area contributed by atoms with Gasteiger partial charge in [0.2, 0.25) is 12.7 Å². The maximum Gasteiger partial charge on any atom is 0.231 e. The standard InChI is InChI=1S/C17H19NO4S/c19-17(18-7-9-23-11-14-2-1-8-20-14)6-4-13-3-5-15-16(10-13)22-12-21-15/h1-3,5,8,10H,4,6-7,9,11-12H2,(H,18,19). The van der Waals surface area contributed by atoms with Crippen molar-refractivity contribution in [3.8, 4) is 11.5 Å². The van der Waals surface area contributed by atoms with Crippen LogP contribution in [-0.4, -0.2) is 25.0 Å². The average molecular weight is 333 g/mol. The summed E-state index contributed by atoms with van der Waals surface area (Å²) in [5.41, 5.74) is 1.08. The van der Waals surface area contributed by atoms with Crippen LogP contribution in [0.4, 0.5) is 0 Å². The first-order valence-corrected chi connectivity index (χ1v) is 8.72. The highest BCUT2D eigenvalue weighted by Gasteiger charge is 2.13. The molecule has 1 aliphatic rings. The molecule has 0 spiro atoms. The Morgan fingerprint density at radius 2 is 2.13 bits per heavy atom. The normalized spacial score (nSPS) is 12.3. The number of thioether (sulfide) groups is 1. The summed E-state index contributed by atoms with van der Waals surface area (Å²) in [7, 11) is 0. The molecule has 0 unspecified atom stereocenters. The van der Waals surface area contributed by atoms with Crippen molar-refractivity contribution >= 4 is 17.7 Å². The van der Waals surface area contributed by atoms with Crippen LogP contribution in [0.3, 0.4) is 0 Å². The third-order valence-electron chi connectivity index (χ3n) is 3.47. The van der Waals surface area contributed by atoms with Crippen LogP contribution < -0.4 is 14.8 Å². The number of ether oxygens (including phenoxy) is 2. The molecule has 0 saturated carbocycles. The van der Waals surface area contributed by atoms with Gasteiger partial charge in [-0.1, -0.05) is 6.07 Å². The first kappa shape index (κ1) is 15.8. The van der Waals surface area contributed by atoms with Gasteiger partial charge in [0.15, 0.2) is 11.5 Å². The fourth-order valence-corrected chi connectivity index (χ4v) is 3.03. The topological polar surface area (TPSA) is 60.7 Å². The number of furan rings is 1. The molecule has 6 heteroatoms. The van der Waals surface area contributed by atoms with E-state index in [1.54, 1.807) is 18.0 Å². The quantitative estimate of drug-likeness (QED) is 0.753. The lowest BCUT2D eigenvalue weighted by atomic mass is 10.1. The molecular weight excluding hydrogens is 314 g/mol. The molecule has 0 fully saturated rings. The monoisotopic (exact) mass is 333 g/mol. The van der Waals surface area contributed by atoms with E-state index >= 15 is 0 Å². The van der Waals surface area contributed by atoms with Crippen molar-refractivity contribution in [2.75, 3.05) is 19.1 Å². The summed E-state index contributed by atoms with van der Waals surface area (Å²) in [5.74, 6) is 4.27. The van der Waals surface area contributed by atoms with E-state index < -0.39 is 0 Å². The minimum Gasteiger partial charge on any atom is -0.468 e. The summed E-state index contributed by atoms with van der Waals surface area (Å²) in [5, 5.41) is 2.94. The molecule has 1 aliphatic heterocycles. The second-order valence-corrected chi connectivity index (χ2v) is 6.27. The molecular formula is C17H19NO4S. The molecule has 1 aromatic heterocycles. The van der Waals surface area contributed by atoms with Gasteiger partial charge in [-0.3, -0.25) is 4.79 Å². The number of hydrogen-bond acceptors (Lipinski definition) is 5. The van der Waals surface area contributed by atoms with Crippen molar-refractivity contribution in [1.82, 2.24) is 5.32 Å². The molecule has 0 atom stereocenters. The fourth-order valence-electron chi connectivity index (χ4n) is 2.27. The summed E-state index contributed by atoms with van der Waals surface area (Å²) in [6, 6.07) is 9.64. The van der Waals surface area contributed by atoms with Gasteiger partial charge in [-0.15, -0.1) is 0 Å². The number of carbonyl (C=O) groups excluding carboxylic acids is 1. The number of aryl methyl sites for hydroxylation is 1. The summed E-state index contributed by atoms with van der Waals surface area (Å²) >= 11 is 1.74. The maximum absolute atomic E-state index is 11.8. The number of benzene rings is 1. The zero-order valence-electron chi connectivity index (χ0n) is 12.7. The van der Waals surface area contributed by atoms with E-state index in [2.05, 4.69) is 5.32 Å². The van der Waals surface area contributed by atoms with Crippen LogP contribution in [0.15, 0.2) is 41.0 Å². The Morgan fingerprint density at radius 1 is 1.22 bits per heavy atom. The molecule has 1 N–H and O–H groups in total. The first-order valence-electron chi connectivity index (χ1n) is 7.56. The van der Waals surface area contributed by atoms with E-state index in [1.165, 1.54) is 0 Å². The number of fused-ring (bicyclic) bond motifs is 1. The van der Waals surface area contributed by atoms with Gasteiger partial charge in [0.25, 0.3) is 0 Å². The van der Waals surface area contributed by atoms with E-state index in [4.69, 9.17) is 13.9 Å². The number of rotatable bonds is 8. The Bertz CT molecular complexity index is 642. The molecule has 23 heavy (non-hydrogen) atoms. The van der Waals surface area contributed by atoms with Crippen LogP contribution in [0.2, 0.25) is 0 Å². The van der Waals surface area contributed by atoms with Crippen molar-refractivity contribution in [2.24, 2.45) is 0 Å². The Morgan fingerprint density at radius 3 is 3.00 bits per heavy atom. The minimum atomic E-state index is 0.0706. The summed E-state index contributed by atoms with van der Waals surface area (Å²) < 4.78 is 15.9. The molecule has 0 aliphatic carbocycles.